The average Bonchev–Trinajstić information content (AvgIpc) is 3.46. The summed E-state index contributed by atoms with van der Waals surface area (Å²) in [6, 6.07) is 8.61. The molecule has 1 aliphatic heterocycles. The van der Waals surface area contributed by atoms with Crippen LogP contribution in [0.25, 0.3) is 0 Å². The van der Waals surface area contributed by atoms with Gasteiger partial charge in [-0.3, -0.25) is 4.79 Å². The molecule has 1 aromatic carbocycles. The highest BCUT2D eigenvalue weighted by molar-refractivity contribution is 5.94. The molecule has 24 heavy (non-hydrogen) atoms. The Morgan fingerprint density at radius 2 is 1.96 bits per heavy atom. The maximum atomic E-state index is 12.1. The van der Waals surface area contributed by atoms with Gasteiger partial charge in [0.05, 0.1) is 0 Å². The highest BCUT2D eigenvalue weighted by atomic mass is 16.5. The monoisotopic (exact) mass is 330 g/mol. The molecule has 1 unspecified atom stereocenters. The van der Waals surface area contributed by atoms with Gasteiger partial charge in [-0.05, 0) is 61.6 Å². The second kappa shape index (κ2) is 8.63. The minimum Gasteiger partial charge on any atom is -0.381 e. The summed E-state index contributed by atoms with van der Waals surface area (Å²) in [6.45, 7) is 5.45. The van der Waals surface area contributed by atoms with Crippen LogP contribution in [0.1, 0.15) is 54.9 Å². The smallest absolute Gasteiger partial charge is 0.251 e. The van der Waals surface area contributed by atoms with Crippen molar-refractivity contribution in [2.24, 2.45) is 11.8 Å². The van der Waals surface area contributed by atoms with Gasteiger partial charge in [-0.15, -0.1) is 0 Å². The van der Waals surface area contributed by atoms with E-state index >= 15 is 0 Å². The van der Waals surface area contributed by atoms with E-state index in [0.29, 0.717) is 6.04 Å². The summed E-state index contributed by atoms with van der Waals surface area (Å²) in [7, 11) is 0. The first-order valence-electron chi connectivity index (χ1n) is 9.46. The minimum absolute atomic E-state index is 0.0295. The van der Waals surface area contributed by atoms with Crippen LogP contribution in [0.15, 0.2) is 24.3 Å². The lowest BCUT2D eigenvalue weighted by Crippen LogP contribution is -2.40. The van der Waals surface area contributed by atoms with Crippen LogP contribution in [0.3, 0.4) is 0 Å². The van der Waals surface area contributed by atoms with E-state index in [1.54, 1.807) is 0 Å². The van der Waals surface area contributed by atoms with Gasteiger partial charge in [0, 0.05) is 37.9 Å². The molecule has 1 amide bonds. The molecule has 132 valence electrons. The summed E-state index contributed by atoms with van der Waals surface area (Å²) in [6.07, 6.45) is 6.02. The summed E-state index contributed by atoms with van der Waals surface area (Å²) in [5.74, 6) is 1.60. The summed E-state index contributed by atoms with van der Waals surface area (Å²) < 4.78 is 5.51. The number of rotatable bonds is 8. The third kappa shape index (κ3) is 4.81. The third-order valence-electron chi connectivity index (χ3n) is 5.17. The quantitative estimate of drug-likeness (QED) is 0.770. The molecule has 1 aliphatic carbocycles. The molecule has 0 bridgehead atoms. The van der Waals surface area contributed by atoms with Gasteiger partial charge in [-0.1, -0.05) is 19.1 Å². The van der Waals surface area contributed by atoms with E-state index < -0.39 is 0 Å². The maximum absolute atomic E-state index is 12.1. The summed E-state index contributed by atoms with van der Waals surface area (Å²) in [5, 5.41) is 6.74. The lowest BCUT2D eigenvalue weighted by molar-refractivity contribution is 0.0504. The van der Waals surface area contributed by atoms with Crippen LogP contribution in [-0.2, 0) is 11.3 Å². The van der Waals surface area contributed by atoms with E-state index in [2.05, 4.69) is 23.6 Å². The number of carbonyl (C=O) groups excluding carboxylic acids is 1. The normalized spacial score (nSPS) is 19.9. The summed E-state index contributed by atoms with van der Waals surface area (Å²) in [5.41, 5.74) is 1.95. The van der Waals surface area contributed by atoms with Crippen LogP contribution in [0.4, 0.5) is 0 Å². The first kappa shape index (κ1) is 17.4. The first-order chi connectivity index (χ1) is 11.8. The number of hydrogen-bond acceptors (Lipinski definition) is 3. The lowest BCUT2D eigenvalue weighted by atomic mass is 9.88. The molecule has 1 aromatic rings. The summed E-state index contributed by atoms with van der Waals surface area (Å²) >= 11 is 0. The fourth-order valence-corrected chi connectivity index (χ4v) is 3.65. The van der Waals surface area contributed by atoms with Crippen molar-refractivity contribution in [1.29, 1.82) is 0 Å². The molecule has 2 fully saturated rings. The van der Waals surface area contributed by atoms with Crippen molar-refractivity contribution in [3.8, 4) is 0 Å². The number of ether oxygens (including phenoxy) is 1. The Balaban J connectivity index is 1.57. The molecule has 2 aliphatic rings. The fraction of sp³-hybridized carbons (Fsp3) is 0.650. The van der Waals surface area contributed by atoms with Crippen LogP contribution in [0.2, 0.25) is 0 Å². The molecule has 1 heterocycles. The van der Waals surface area contributed by atoms with Crippen LogP contribution >= 0.6 is 0 Å². The van der Waals surface area contributed by atoms with Crippen molar-refractivity contribution in [2.45, 2.75) is 51.6 Å². The Labute approximate surface area is 145 Å². The predicted octanol–water partition coefficient (Wildman–Crippen LogP) is 3.12. The SMILES string of the molecule is CCCNC(=O)c1cccc(CNC(C2CCOCC2)C2CC2)c1. The number of amides is 1. The Kier molecular flexibility index (Phi) is 6.27. The number of hydrogen-bond donors (Lipinski definition) is 2. The van der Waals surface area contributed by atoms with E-state index in [4.69, 9.17) is 4.74 Å². The molecule has 0 radical (unpaired) electrons. The molecule has 2 N–H and O–H groups in total. The number of nitrogens with one attached hydrogen (secondary N) is 2. The number of benzene rings is 1. The molecule has 1 saturated carbocycles. The molecular formula is C20H30N2O2. The van der Waals surface area contributed by atoms with Crippen molar-refractivity contribution in [2.75, 3.05) is 19.8 Å². The molecular weight excluding hydrogens is 300 g/mol. The highest BCUT2D eigenvalue weighted by Crippen LogP contribution is 2.38. The fourth-order valence-electron chi connectivity index (χ4n) is 3.65. The predicted molar refractivity (Wildman–Crippen MR) is 96.0 cm³/mol. The molecule has 0 aromatic heterocycles. The zero-order chi connectivity index (χ0) is 16.8. The molecule has 4 heteroatoms. The Morgan fingerprint density at radius 3 is 2.67 bits per heavy atom. The van der Waals surface area contributed by atoms with E-state index in [9.17, 15) is 4.79 Å². The van der Waals surface area contributed by atoms with Gasteiger partial charge in [-0.2, -0.15) is 0 Å². The van der Waals surface area contributed by atoms with E-state index in [1.165, 1.54) is 31.2 Å². The van der Waals surface area contributed by atoms with Crippen molar-refractivity contribution in [3.05, 3.63) is 35.4 Å². The van der Waals surface area contributed by atoms with E-state index in [-0.39, 0.29) is 5.91 Å². The largest absolute Gasteiger partial charge is 0.381 e. The van der Waals surface area contributed by atoms with Crippen molar-refractivity contribution < 1.29 is 9.53 Å². The molecule has 1 atom stereocenters. The van der Waals surface area contributed by atoms with Crippen LogP contribution < -0.4 is 10.6 Å². The van der Waals surface area contributed by atoms with Crippen LogP contribution in [0.5, 0.6) is 0 Å². The molecule has 0 spiro atoms. The third-order valence-corrected chi connectivity index (χ3v) is 5.17. The zero-order valence-electron chi connectivity index (χ0n) is 14.7. The van der Waals surface area contributed by atoms with E-state index in [0.717, 1.165) is 50.1 Å². The van der Waals surface area contributed by atoms with Gasteiger partial charge in [0.1, 0.15) is 0 Å². The van der Waals surface area contributed by atoms with Gasteiger partial charge < -0.3 is 15.4 Å². The Hall–Kier alpha value is -1.39. The van der Waals surface area contributed by atoms with E-state index in [1.807, 2.05) is 18.2 Å². The van der Waals surface area contributed by atoms with Gasteiger partial charge >= 0.3 is 0 Å². The molecule has 1 saturated heterocycles. The number of carbonyl (C=O) groups is 1. The van der Waals surface area contributed by atoms with Gasteiger partial charge in [0.25, 0.3) is 5.91 Å². The van der Waals surface area contributed by atoms with Gasteiger partial charge in [0.15, 0.2) is 0 Å². The minimum atomic E-state index is 0.0295. The van der Waals surface area contributed by atoms with Crippen molar-refractivity contribution in [3.63, 3.8) is 0 Å². The van der Waals surface area contributed by atoms with Crippen molar-refractivity contribution in [1.82, 2.24) is 10.6 Å². The maximum Gasteiger partial charge on any atom is 0.251 e. The Morgan fingerprint density at radius 1 is 1.21 bits per heavy atom. The second-order valence-corrected chi connectivity index (χ2v) is 7.15. The van der Waals surface area contributed by atoms with Gasteiger partial charge in [-0.25, -0.2) is 0 Å². The molecule has 4 nitrogen and oxygen atoms in total. The van der Waals surface area contributed by atoms with Crippen LogP contribution in [-0.4, -0.2) is 31.7 Å². The standard InChI is InChI=1S/C20H30N2O2/c1-2-10-21-20(23)18-5-3-4-15(13-18)14-22-19(16-6-7-16)17-8-11-24-12-9-17/h3-5,13,16-17,19,22H,2,6-12,14H2,1H3,(H,21,23). The van der Waals surface area contributed by atoms with Crippen molar-refractivity contribution >= 4 is 5.91 Å². The Bertz CT molecular complexity index is 536. The van der Waals surface area contributed by atoms with Gasteiger partial charge in [0.2, 0.25) is 0 Å². The first-order valence-corrected chi connectivity index (χ1v) is 9.46. The average molecular weight is 330 g/mol. The zero-order valence-corrected chi connectivity index (χ0v) is 14.7. The lowest BCUT2D eigenvalue weighted by Gasteiger charge is -2.31. The highest BCUT2D eigenvalue weighted by Gasteiger charge is 2.36. The van der Waals surface area contributed by atoms with Crippen LogP contribution in [0, 0.1) is 11.8 Å². The second-order valence-electron chi connectivity index (χ2n) is 7.15. The summed E-state index contributed by atoms with van der Waals surface area (Å²) in [4.78, 5) is 12.1. The topological polar surface area (TPSA) is 50.4 Å². The molecule has 3 rings (SSSR count).